The van der Waals surface area contributed by atoms with Crippen molar-refractivity contribution in [3.05, 3.63) is 35.9 Å². The number of nitrogens with zero attached hydrogens (tertiary/aromatic N) is 1. The number of amides is 2. The molecule has 1 aromatic carbocycles. The minimum absolute atomic E-state index is 0.146. The molecule has 0 radical (unpaired) electrons. The molecule has 118 valence electrons. The quantitative estimate of drug-likeness (QED) is 0.366. The lowest BCUT2D eigenvalue weighted by Gasteiger charge is -2.28. The molecule has 0 aromatic heterocycles. The number of carbonyl (C=O) groups excluding carboxylic acids is 1. The summed E-state index contributed by atoms with van der Waals surface area (Å²) < 4.78 is 3.55. The maximum Gasteiger partial charge on any atom is 0.343 e. The molecule has 0 aliphatic rings. The van der Waals surface area contributed by atoms with Crippen LogP contribution in [0.4, 0.5) is 4.79 Å². The van der Waals surface area contributed by atoms with Crippen LogP contribution in [0, 0.1) is 0 Å². The molecule has 0 bridgehead atoms. The van der Waals surface area contributed by atoms with Gasteiger partial charge in [0.25, 0.3) is 0 Å². The van der Waals surface area contributed by atoms with Crippen molar-refractivity contribution in [2.24, 2.45) is 0 Å². The van der Waals surface area contributed by atoms with E-state index in [0.717, 1.165) is 5.56 Å². The van der Waals surface area contributed by atoms with Gasteiger partial charge in [-0.2, -0.15) is 0 Å². The summed E-state index contributed by atoms with van der Waals surface area (Å²) in [7, 11) is 0. The molecule has 21 heavy (non-hydrogen) atoms. The van der Waals surface area contributed by atoms with Crippen molar-refractivity contribution in [1.82, 2.24) is 10.4 Å². The van der Waals surface area contributed by atoms with Crippen LogP contribution in [0.15, 0.2) is 30.3 Å². The number of hydrogen-bond donors (Lipinski definition) is 2. The third kappa shape index (κ3) is 6.28. The van der Waals surface area contributed by atoms with Crippen LogP contribution < -0.4 is 5.32 Å². The van der Waals surface area contributed by atoms with Crippen LogP contribution in [0.3, 0.4) is 0 Å². The van der Waals surface area contributed by atoms with Gasteiger partial charge >= 0.3 is 6.03 Å². The molecule has 2 N–H and O–H groups in total. The summed E-state index contributed by atoms with van der Waals surface area (Å²) in [6.45, 7) is 3.41. The van der Waals surface area contributed by atoms with E-state index in [9.17, 15) is 10.0 Å². The summed E-state index contributed by atoms with van der Waals surface area (Å²) >= 11 is 17.4. The van der Waals surface area contributed by atoms with E-state index in [-0.39, 0.29) is 6.61 Å². The van der Waals surface area contributed by atoms with Gasteiger partial charge in [0.1, 0.15) is 0 Å². The van der Waals surface area contributed by atoms with Crippen LogP contribution in [-0.2, 0) is 11.3 Å². The number of alkyl halides is 3. The normalized spacial score (nSPS) is 13.1. The van der Waals surface area contributed by atoms with E-state index in [4.69, 9.17) is 39.5 Å². The van der Waals surface area contributed by atoms with Gasteiger partial charge in [0.05, 0.1) is 12.6 Å². The number of urea groups is 1. The highest BCUT2D eigenvalue weighted by Crippen LogP contribution is 2.31. The number of nitrogens with one attached hydrogen (secondary N) is 1. The highest BCUT2D eigenvalue weighted by atomic mass is 35.6. The van der Waals surface area contributed by atoms with Gasteiger partial charge in [0, 0.05) is 0 Å². The van der Waals surface area contributed by atoms with Crippen LogP contribution >= 0.6 is 34.8 Å². The van der Waals surface area contributed by atoms with Gasteiger partial charge in [-0.15, -0.1) is 0 Å². The van der Waals surface area contributed by atoms with E-state index >= 15 is 0 Å². The summed E-state index contributed by atoms with van der Waals surface area (Å²) in [6, 6.07) is 7.99. The Morgan fingerprint density at radius 1 is 1.33 bits per heavy atom. The van der Waals surface area contributed by atoms with Crippen molar-refractivity contribution in [1.29, 1.82) is 0 Å². The van der Waals surface area contributed by atoms with E-state index in [2.05, 4.69) is 5.32 Å². The van der Waals surface area contributed by atoms with Gasteiger partial charge in [-0.1, -0.05) is 65.1 Å². The summed E-state index contributed by atoms with van der Waals surface area (Å²) in [4.78, 5) is 11.8. The number of rotatable bonds is 5. The molecule has 0 aliphatic heterocycles. The van der Waals surface area contributed by atoms with Gasteiger partial charge < -0.3 is 10.1 Å². The van der Waals surface area contributed by atoms with Gasteiger partial charge in [0.15, 0.2) is 6.23 Å². The summed E-state index contributed by atoms with van der Waals surface area (Å²) in [5, 5.41) is 12.4. The molecule has 8 heteroatoms. The standard InChI is InChI=1S/C13H17Cl3N2O3/c1-9(2)18(20)12(19)17-11(13(14,15)16)21-8-10-6-4-3-5-7-10/h3-7,9,11,20H,8H2,1-2H3,(H,17,19)/t11-/m1/s1. The second kappa shape index (κ2) is 8.06. The molecule has 2 amide bonds. The highest BCUT2D eigenvalue weighted by Gasteiger charge is 2.36. The van der Waals surface area contributed by atoms with Gasteiger partial charge in [-0.05, 0) is 19.4 Å². The summed E-state index contributed by atoms with van der Waals surface area (Å²) in [6.07, 6.45) is -1.20. The van der Waals surface area contributed by atoms with Crippen molar-refractivity contribution in [3.8, 4) is 0 Å². The first-order valence-corrected chi connectivity index (χ1v) is 7.36. The van der Waals surface area contributed by atoms with Crippen LogP contribution in [-0.4, -0.2) is 32.4 Å². The fraction of sp³-hybridized carbons (Fsp3) is 0.462. The lowest BCUT2D eigenvalue weighted by molar-refractivity contribution is -0.0760. The highest BCUT2D eigenvalue weighted by molar-refractivity contribution is 6.68. The first-order valence-electron chi connectivity index (χ1n) is 6.22. The molecule has 0 heterocycles. The van der Waals surface area contributed by atoms with Crippen LogP contribution in [0.25, 0.3) is 0 Å². The summed E-state index contributed by atoms with van der Waals surface area (Å²) in [5.74, 6) is 0. The largest absolute Gasteiger partial charge is 0.349 e. The number of hydrogen-bond acceptors (Lipinski definition) is 3. The molecule has 0 saturated carbocycles. The summed E-state index contributed by atoms with van der Waals surface area (Å²) in [5.41, 5.74) is 0.857. The molecule has 0 spiro atoms. The Hall–Kier alpha value is -0.720. The Kier molecular flexibility index (Phi) is 7.03. The predicted octanol–water partition coefficient (Wildman–Crippen LogP) is 3.71. The van der Waals surface area contributed by atoms with Crippen molar-refractivity contribution < 1.29 is 14.7 Å². The third-order valence-corrected chi connectivity index (χ3v) is 3.10. The number of carbonyl (C=O) groups is 1. The topological polar surface area (TPSA) is 61.8 Å². The Morgan fingerprint density at radius 3 is 2.38 bits per heavy atom. The molecular formula is C13H17Cl3N2O3. The third-order valence-electron chi connectivity index (χ3n) is 2.51. The average molecular weight is 356 g/mol. The second-order valence-electron chi connectivity index (χ2n) is 4.61. The minimum Gasteiger partial charge on any atom is -0.349 e. The SMILES string of the molecule is CC(C)N(O)C(=O)N[C@H](OCc1ccccc1)C(Cl)(Cl)Cl. The number of hydroxylamine groups is 2. The molecule has 1 atom stereocenters. The first kappa shape index (κ1) is 18.3. The van der Waals surface area contributed by atoms with Crippen molar-refractivity contribution in [2.75, 3.05) is 0 Å². The van der Waals surface area contributed by atoms with Gasteiger partial charge in [0.2, 0.25) is 3.79 Å². The van der Waals surface area contributed by atoms with Crippen LogP contribution in [0.2, 0.25) is 0 Å². The molecule has 1 aromatic rings. The first-order chi connectivity index (χ1) is 9.71. The monoisotopic (exact) mass is 354 g/mol. The van der Waals surface area contributed by atoms with Crippen molar-refractivity contribution in [3.63, 3.8) is 0 Å². The Bertz CT molecular complexity index is 452. The average Bonchev–Trinajstić information content (AvgIpc) is 2.42. The zero-order valence-electron chi connectivity index (χ0n) is 11.6. The smallest absolute Gasteiger partial charge is 0.343 e. The van der Waals surface area contributed by atoms with Crippen LogP contribution in [0.1, 0.15) is 19.4 Å². The Labute approximate surface area is 138 Å². The lowest BCUT2D eigenvalue weighted by Crippen LogP contribution is -2.51. The minimum atomic E-state index is -1.87. The molecular weight excluding hydrogens is 339 g/mol. The Morgan fingerprint density at radius 2 is 1.90 bits per heavy atom. The number of halogens is 3. The zero-order valence-corrected chi connectivity index (χ0v) is 13.9. The second-order valence-corrected chi connectivity index (χ2v) is 6.98. The van der Waals surface area contributed by atoms with Crippen molar-refractivity contribution >= 4 is 40.8 Å². The fourth-order valence-electron chi connectivity index (χ4n) is 1.38. The van der Waals surface area contributed by atoms with E-state index in [1.54, 1.807) is 13.8 Å². The van der Waals surface area contributed by atoms with Crippen LogP contribution in [0.5, 0.6) is 0 Å². The molecule has 0 unspecified atom stereocenters. The number of ether oxygens (including phenoxy) is 1. The zero-order chi connectivity index (χ0) is 16.0. The molecule has 0 fully saturated rings. The van der Waals surface area contributed by atoms with E-state index < -0.39 is 22.1 Å². The van der Waals surface area contributed by atoms with Crippen molar-refractivity contribution in [2.45, 2.75) is 36.5 Å². The molecule has 0 aliphatic carbocycles. The van der Waals surface area contributed by atoms with E-state index in [1.807, 2.05) is 30.3 Å². The Balaban J connectivity index is 2.67. The van der Waals surface area contributed by atoms with E-state index in [1.165, 1.54) is 0 Å². The predicted molar refractivity (Wildman–Crippen MR) is 82.6 cm³/mol. The van der Waals surface area contributed by atoms with E-state index in [0.29, 0.717) is 5.06 Å². The fourth-order valence-corrected chi connectivity index (χ4v) is 1.74. The maximum absolute atomic E-state index is 11.8. The molecule has 1 rings (SSSR count). The number of benzene rings is 1. The maximum atomic E-state index is 11.8. The molecule has 5 nitrogen and oxygen atoms in total. The molecule has 0 saturated heterocycles. The van der Waals surface area contributed by atoms with Gasteiger partial charge in [-0.25, -0.2) is 9.86 Å². The van der Waals surface area contributed by atoms with Gasteiger partial charge in [-0.3, -0.25) is 5.21 Å². The lowest BCUT2D eigenvalue weighted by atomic mass is 10.2.